The number of aromatic nitrogens is 1. The minimum absolute atomic E-state index is 0.802. The van der Waals surface area contributed by atoms with Crippen LogP contribution in [-0.4, -0.2) is 18.1 Å². The molecule has 0 saturated carbocycles. The Labute approximate surface area is 114 Å². The van der Waals surface area contributed by atoms with Crippen molar-refractivity contribution in [3.63, 3.8) is 0 Å². The third-order valence-electron chi connectivity index (χ3n) is 3.91. The van der Waals surface area contributed by atoms with Crippen LogP contribution >= 0.6 is 0 Å². The van der Waals surface area contributed by atoms with Gasteiger partial charge in [-0.3, -0.25) is 0 Å². The molecule has 3 nitrogen and oxygen atoms in total. The van der Waals surface area contributed by atoms with Gasteiger partial charge in [-0.1, -0.05) is 12.8 Å². The van der Waals surface area contributed by atoms with E-state index >= 15 is 0 Å². The quantitative estimate of drug-likeness (QED) is 0.793. The number of hydrogen-bond acceptors (Lipinski definition) is 3. The Bertz CT molecular complexity index is 584. The zero-order chi connectivity index (χ0) is 13.2. The summed E-state index contributed by atoms with van der Waals surface area (Å²) in [6.07, 6.45) is 5.25. The van der Waals surface area contributed by atoms with Crippen molar-refractivity contribution in [2.24, 2.45) is 0 Å². The zero-order valence-electron chi connectivity index (χ0n) is 11.5. The molecule has 1 saturated heterocycles. The average Bonchev–Trinajstić information content (AvgIpc) is 2.66. The molecular formula is C16H21N3. The van der Waals surface area contributed by atoms with Crippen LogP contribution in [0.4, 0.5) is 11.5 Å². The van der Waals surface area contributed by atoms with Crippen molar-refractivity contribution in [2.75, 3.05) is 23.7 Å². The first-order chi connectivity index (χ1) is 9.24. The molecule has 2 N–H and O–H groups in total. The molecular weight excluding hydrogens is 234 g/mol. The fraction of sp³-hybridized carbons (Fsp3) is 0.438. The summed E-state index contributed by atoms with van der Waals surface area (Å²) in [6, 6.07) is 8.16. The highest BCUT2D eigenvalue weighted by Gasteiger charge is 2.14. The third-order valence-corrected chi connectivity index (χ3v) is 3.91. The minimum Gasteiger partial charge on any atom is -0.399 e. The summed E-state index contributed by atoms with van der Waals surface area (Å²) in [4.78, 5) is 7.29. The standard InChI is InChI=1S/C16H21N3/c1-12-10-13-11-14(17)6-7-15(13)18-16(12)19-8-4-2-3-5-9-19/h6-7,10-11H,2-5,8-9,17H2,1H3. The summed E-state index contributed by atoms with van der Waals surface area (Å²) in [5.41, 5.74) is 8.93. The zero-order valence-corrected chi connectivity index (χ0v) is 11.5. The van der Waals surface area contributed by atoms with Gasteiger partial charge in [-0.15, -0.1) is 0 Å². The van der Waals surface area contributed by atoms with Crippen LogP contribution in [0.15, 0.2) is 24.3 Å². The van der Waals surface area contributed by atoms with Crippen molar-refractivity contribution in [3.05, 3.63) is 29.8 Å². The molecule has 100 valence electrons. The van der Waals surface area contributed by atoms with E-state index in [0.29, 0.717) is 0 Å². The maximum Gasteiger partial charge on any atom is 0.132 e. The minimum atomic E-state index is 0.802. The van der Waals surface area contributed by atoms with E-state index in [0.717, 1.165) is 35.5 Å². The monoisotopic (exact) mass is 255 g/mol. The first kappa shape index (κ1) is 12.3. The summed E-state index contributed by atoms with van der Waals surface area (Å²) in [6.45, 7) is 4.42. The number of hydrogen-bond donors (Lipinski definition) is 1. The second-order valence-electron chi connectivity index (χ2n) is 5.48. The van der Waals surface area contributed by atoms with Gasteiger partial charge < -0.3 is 10.6 Å². The number of nitrogen functional groups attached to an aromatic ring is 1. The Hall–Kier alpha value is -1.77. The molecule has 2 heterocycles. The predicted molar refractivity (Wildman–Crippen MR) is 81.6 cm³/mol. The lowest BCUT2D eigenvalue weighted by Crippen LogP contribution is -2.25. The molecule has 19 heavy (non-hydrogen) atoms. The van der Waals surface area contributed by atoms with Crippen LogP contribution in [0.25, 0.3) is 10.9 Å². The summed E-state index contributed by atoms with van der Waals surface area (Å²) in [5, 5.41) is 1.14. The van der Waals surface area contributed by atoms with Gasteiger partial charge in [0.1, 0.15) is 5.82 Å². The molecule has 1 aromatic heterocycles. The average molecular weight is 255 g/mol. The Balaban J connectivity index is 2.02. The van der Waals surface area contributed by atoms with Gasteiger partial charge in [0.05, 0.1) is 5.52 Å². The van der Waals surface area contributed by atoms with Crippen LogP contribution < -0.4 is 10.6 Å². The topological polar surface area (TPSA) is 42.1 Å². The molecule has 0 atom stereocenters. The van der Waals surface area contributed by atoms with E-state index in [9.17, 15) is 0 Å². The van der Waals surface area contributed by atoms with Crippen molar-refractivity contribution in [2.45, 2.75) is 32.6 Å². The van der Waals surface area contributed by atoms with Crippen LogP contribution in [0, 0.1) is 6.92 Å². The molecule has 3 rings (SSSR count). The van der Waals surface area contributed by atoms with Gasteiger partial charge in [0, 0.05) is 24.2 Å². The van der Waals surface area contributed by atoms with E-state index in [-0.39, 0.29) is 0 Å². The molecule has 1 fully saturated rings. The van der Waals surface area contributed by atoms with Crippen molar-refractivity contribution in [1.29, 1.82) is 0 Å². The second kappa shape index (κ2) is 5.08. The van der Waals surface area contributed by atoms with Crippen molar-refractivity contribution in [1.82, 2.24) is 4.98 Å². The third kappa shape index (κ3) is 2.50. The molecule has 0 spiro atoms. The first-order valence-electron chi connectivity index (χ1n) is 7.16. The number of fused-ring (bicyclic) bond motifs is 1. The molecule has 3 heteroatoms. The molecule has 0 radical (unpaired) electrons. The van der Waals surface area contributed by atoms with E-state index in [1.54, 1.807) is 0 Å². The van der Waals surface area contributed by atoms with E-state index < -0.39 is 0 Å². The largest absolute Gasteiger partial charge is 0.399 e. The van der Waals surface area contributed by atoms with Gasteiger partial charge in [-0.25, -0.2) is 4.98 Å². The number of nitrogens with two attached hydrogens (primary N) is 1. The highest BCUT2D eigenvalue weighted by atomic mass is 15.2. The van der Waals surface area contributed by atoms with Gasteiger partial charge in [-0.05, 0) is 49.6 Å². The lowest BCUT2D eigenvalue weighted by Gasteiger charge is -2.23. The maximum absolute atomic E-state index is 5.84. The number of rotatable bonds is 1. The van der Waals surface area contributed by atoms with E-state index in [1.165, 1.54) is 31.2 Å². The van der Waals surface area contributed by atoms with Gasteiger partial charge in [-0.2, -0.15) is 0 Å². The summed E-state index contributed by atoms with van der Waals surface area (Å²) >= 11 is 0. The van der Waals surface area contributed by atoms with E-state index in [2.05, 4.69) is 17.9 Å². The Morgan fingerprint density at radius 3 is 2.53 bits per heavy atom. The number of nitrogens with zero attached hydrogens (tertiary/aromatic N) is 2. The normalized spacial score (nSPS) is 16.6. The predicted octanol–water partition coefficient (Wildman–Crippen LogP) is 3.51. The highest BCUT2D eigenvalue weighted by molar-refractivity contribution is 5.84. The number of anilines is 2. The van der Waals surface area contributed by atoms with E-state index in [1.807, 2.05) is 18.2 Å². The number of pyridine rings is 1. The second-order valence-corrected chi connectivity index (χ2v) is 5.48. The fourth-order valence-electron chi connectivity index (χ4n) is 2.89. The van der Waals surface area contributed by atoms with E-state index in [4.69, 9.17) is 10.7 Å². The Morgan fingerprint density at radius 1 is 1.05 bits per heavy atom. The molecule has 1 aliphatic rings. The van der Waals surface area contributed by atoms with Crippen LogP contribution in [-0.2, 0) is 0 Å². The molecule has 1 aromatic carbocycles. The lowest BCUT2D eigenvalue weighted by molar-refractivity contribution is 0.726. The highest BCUT2D eigenvalue weighted by Crippen LogP contribution is 2.26. The number of aryl methyl sites for hydroxylation is 1. The fourth-order valence-corrected chi connectivity index (χ4v) is 2.89. The lowest BCUT2D eigenvalue weighted by atomic mass is 10.1. The molecule has 0 unspecified atom stereocenters. The maximum atomic E-state index is 5.84. The van der Waals surface area contributed by atoms with Crippen LogP contribution in [0.2, 0.25) is 0 Å². The van der Waals surface area contributed by atoms with Crippen LogP contribution in [0.3, 0.4) is 0 Å². The summed E-state index contributed by atoms with van der Waals surface area (Å²) < 4.78 is 0. The smallest absolute Gasteiger partial charge is 0.132 e. The van der Waals surface area contributed by atoms with Crippen molar-refractivity contribution in [3.8, 4) is 0 Å². The Kier molecular flexibility index (Phi) is 3.28. The van der Waals surface area contributed by atoms with Crippen molar-refractivity contribution >= 4 is 22.4 Å². The SMILES string of the molecule is Cc1cc2cc(N)ccc2nc1N1CCCCCC1. The molecule has 0 amide bonds. The number of benzene rings is 1. The van der Waals surface area contributed by atoms with Crippen LogP contribution in [0.5, 0.6) is 0 Å². The Morgan fingerprint density at radius 2 is 1.79 bits per heavy atom. The van der Waals surface area contributed by atoms with Gasteiger partial charge >= 0.3 is 0 Å². The summed E-state index contributed by atoms with van der Waals surface area (Å²) in [5.74, 6) is 1.15. The molecule has 0 aliphatic carbocycles. The first-order valence-corrected chi connectivity index (χ1v) is 7.16. The van der Waals surface area contributed by atoms with Gasteiger partial charge in [0.25, 0.3) is 0 Å². The molecule has 0 bridgehead atoms. The van der Waals surface area contributed by atoms with Crippen LogP contribution in [0.1, 0.15) is 31.2 Å². The molecule has 2 aromatic rings. The van der Waals surface area contributed by atoms with Gasteiger partial charge in [0.2, 0.25) is 0 Å². The summed E-state index contributed by atoms with van der Waals surface area (Å²) in [7, 11) is 0. The van der Waals surface area contributed by atoms with Crippen molar-refractivity contribution < 1.29 is 0 Å². The van der Waals surface area contributed by atoms with Gasteiger partial charge in [0.15, 0.2) is 0 Å². The molecule has 1 aliphatic heterocycles.